The second kappa shape index (κ2) is 7.26. The van der Waals surface area contributed by atoms with Crippen molar-refractivity contribution in [2.24, 2.45) is 0 Å². The van der Waals surface area contributed by atoms with Crippen LogP contribution in [0.25, 0.3) is 0 Å². The van der Waals surface area contributed by atoms with Crippen molar-refractivity contribution in [1.82, 2.24) is 10.6 Å². The van der Waals surface area contributed by atoms with Crippen LogP contribution in [0.2, 0.25) is 0 Å². The summed E-state index contributed by atoms with van der Waals surface area (Å²) in [6.07, 6.45) is 3.71. The molecule has 0 atom stereocenters. The Labute approximate surface area is 114 Å². The van der Waals surface area contributed by atoms with E-state index in [1.54, 1.807) is 0 Å². The van der Waals surface area contributed by atoms with Gasteiger partial charge in [-0.15, -0.1) is 0 Å². The van der Waals surface area contributed by atoms with E-state index in [2.05, 4.69) is 16.7 Å². The van der Waals surface area contributed by atoms with Crippen molar-refractivity contribution in [2.45, 2.75) is 32.2 Å². The lowest BCUT2D eigenvalue weighted by Gasteiger charge is -2.17. The zero-order valence-electron chi connectivity index (χ0n) is 11.2. The van der Waals surface area contributed by atoms with Gasteiger partial charge in [-0.1, -0.05) is 6.07 Å². The normalized spacial score (nSPS) is 13.9. The molecule has 19 heavy (non-hydrogen) atoms. The molecular weight excluding hydrogens is 240 g/mol. The maximum Gasteiger partial charge on any atom is 0.251 e. The van der Waals surface area contributed by atoms with E-state index >= 15 is 0 Å². The summed E-state index contributed by atoms with van der Waals surface area (Å²) in [5.41, 5.74) is 3.32. The fraction of sp³-hybridized carbons (Fsp3) is 0.533. The number of unbranched alkanes of at least 4 members (excludes halogenated alkanes) is 2. The van der Waals surface area contributed by atoms with Crippen LogP contribution in [-0.2, 0) is 13.0 Å². The molecular formula is C15H22N2O2. The number of amides is 1. The molecule has 3 N–H and O–H groups in total. The molecule has 0 aromatic heterocycles. The SMILES string of the molecule is O=C(NCCCCCO)c1ccc2c(c1)CNCC2. The topological polar surface area (TPSA) is 61.4 Å². The first kappa shape index (κ1) is 14.0. The Balaban J connectivity index is 1.85. The van der Waals surface area contributed by atoms with Gasteiger partial charge in [-0.2, -0.15) is 0 Å². The Hall–Kier alpha value is -1.39. The Morgan fingerprint density at radius 1 is 1.26 bits per heavy atom. The van der Waals surface area contributed by atoms with E-state index in [1.807, 2.05) is 12.1 Å². The van der Waals surface area contributed by atoms with Crippen LogP contribution in [0.1, 0.15) is 40.7 Å². The highest BCUT2D eigenvalue weighted by Crippen LogP contribution is 2.15. The number of carbonyl (C=O) groups is 1. The average molecular weight is 262 g/mol. The van der Waals surface area contributed by atoms with Crippen molar-refractivity contribution < 1.29 is 9.90 Å². The van der Waals surface area contributed by atoms with Gasteiger partial charge in [0, 0.05) is 25.3 Å². The first-order chi connectivity index (χ1) is 9.31. The predicted octanol–water partition coefficient (Wildman–Crippen LogP) is 1.22. The fourth-order valence-corrected chi connectivity index (χ4v) is 2.34. The van der Waals surface area contributed by atoms with Gasteiger partial charge in [0.2, 0.25) is 0 Å². The molecule has 2 rings (SSSR count). The standard InChI is InChI=1S/C15H22N2O2/c18-9-3-1-2-7-17-15(19)13-5-4-12-6-8-16-11-14(12)10-13/h4-5,10,16,18H,1-3,6-9,11H2,(H,17,19). The Morgan fingerprint density at radius 3 is 3.00 bits per heavy atom. The quantitative estimate of drug-likeness (QED) is 0.676. The van der Waals surface area contributed by atoms with Gasteiger partial charge < -0.3 is 15.7 Å². The predicted molar refractivity (Wildman–Crippen MR) is 75.1 cm³/mol. The molecule has 0 aliphatic carbocycles. The minimum Gasteiger partial charge on any atom is -0.396 e. The van der Waals surface area contributed by atoms with Crippen LogP contribution in [0, 0.1) is 0 Å². The molecule has 0 unspecified atom stereocenters. The van der Waals surface area contributed by atoms with Gasteiger partial charge in [0.15, 0.2) is 0 Å². The molecule has 104 valence electrons. The monoisotopic (exact) mass is 262 g/mol. The van der Waals surface area contributed by atoms with Gasteiger partial charge in [-0.25, -0.2) is 0 Å². The maximum absolute atomic E-state index is 12.0. The lowest BCUT2D eigenvalue weighted by Crippen LogP contribution is -2.27. The van der Waals surface area contributed by atoms with Crippen LogP contribution in [0.3, 0.4) is 0 Å². The van der Waals surface area contributed by atoms with Crippen LogP contribution in [0.4, 0.5) is 0 Å². The van der Waals surface area contributed by atoms with Gasteiger partial charge in [0.05, 0.1) is 0 Å². The van der Waals surface area contributed by atoms with Crippen molar-refractivity contribution in [1.29, 1.82) is 0 Å². The third-order valence-corrected chi connectivity index (χ3v) is 3.48. The van der Waals surface area contributed by atoms with Crippen molar-refractivity contribution in [3.05, 3.63) is 34.9 Å². The summed E-state index contributed by atoms with van der Waals surface area (Å²) in [4.78, 5) is 12.0. The Kier molecular flexibility index (Phi) is 5.36. The molecule has 0 bridgehead atoms. The summed E-state index contributed by atoms with van der Waals surface area (Å²) in [6.45, 7) is 2.77. The number of hydrogen-bond acceptors (Lipinski definition) is 3. The second-order valence-corrected chi connectivity index (χ2v) is 4.95. The zero-order chi connectivity index (χ0) is 13.5. The largest absolute Gasteiger partial charge is 0.396 e. The molecule has 0 saturated heterocycles. The van der Waals surface area contributed by atoms with Crippen molar-refractivity contribution in [2.75, 3.05) is 19.7 Å². The molecule has 0 saturated carbocycles. The number of fused-ring (bicyclic) bond motifs is 1. The van der Waals surface area contributed by atoms with Gasteiger partial charge in [0.25, 0.3) is 5.91 Å². The van der Waals surface area contributed by atoms with Crippen LogP contribution in [-0.4, -0.2) is 30.7 Å². The number of hydrogen-bond donors (Lipinski definition) is 3. The molecule has 1 aliphatic heterocycles. The van der Waals surface area contributed by atoms with Gasteiger partial charge in [0.1, 0.15) is 0 Å². The van der Waals surface area contributed by atoms with Crippen molar-refractivity contribution in [3.8, 4) is 0 Å². The molecule has 0 fully saturated rings. The number of aliphatic hydroxyl groups excluding tert-OH is 1. The summed E-state index contributed by atoms with van der Waals surface area (Å²) in [7, 11) is 0. The lowest BCUT2D eigenvalue weighted by atomic mass is 9.98. The van der Waals surface area contributed by atoms with Crippen molar-refractivity contribution >= 4 is 5.91 Å². The summed E-state index contributed by atoms with van der Waals surface area (Å²) in [5, 5.41) is 14.9. The second-order valence-electron chi connectivity index (χ2n) is 4.95. The van der Waals surface area contributed by atoms with E-state index < -0.39 is 0 Å². The summed E-state index contributed by atoms with van der Waals surface area (Å²) in [6, 6.07) is 5.97. The van der Waals surface area contributed by atoms with Crippen molar-refractivity contribution in [3.63, 3.8) is 0 Å². The van der Waals surface area contributed by atoms with E-state index in [-0.39, 0.29) is 12.5 Å². The Bertz CT molecular complexity index is 432. The molecule has 1 heterocycles. The first-order valence-corrected chi connectivity index (χ1v) is 7.03. The molecule has 1 aliphatic rings. The molecule has 1 aromatic carbocycles. The van der Waals surface area contributed by atoms with Crippen LogP contribution < -0.4 is 10.6 Å². The summed E-state index contributed by atoms with van der Waals surface area (Å²) < 4.78 is 0. The molecule has 0 radical (unpaired) electrons. The number of rotatable bonds is 6. The lowest BCUT2D eigenvalue weighted by molar-refractivity contribution is 0.0952. The highest BCUT2D eigenvalue weighted by atomic mass is 16.2. The van der Waals surface area contributed by atoms with Crippen LogP contribution in [0.15, 0.2) is 18.2 Å². The summed E-state index contributed by atoms with van der Waals surface area (Å²) >= 11 is 0. The third-order valence-electron chi connectivity index (χ3n) is 3.48. The molecule has 4 heteroatoms. The molecule has 1 aromatic rings. The van der Waals surface area contributed by atoms with E-state index in [1.165, 1.54) is 11.1 Å². The van der Waals surface area contributed by atoms with E-state index in [9.17, 15) is 4.79 Å². The van der Waals surface area contributed by atoms with Gasteiger partial charge in [-0.05, 0) is 55.5 Å². The highest BCUT2D eigenvalue weighted by molar-refractivity contribution is 5.94. The van der Waals surface area contributed by atoms with E-state index in [0.29, 0.717) is 6.54 Å². The average Bonchev–Trinajstić information content (AvgIpc) is 2.46. The third kappa shape index (κ3) is 4.04. The van der Waals surface area contributed by atoms with Gasteiger partial charge in [-0.3, -0.25) is 4.79 Å². The molecule has 1 amide bonds. The van der Waals surface area contributed by atoms with E-state index in [4.69, 9.17) is 5.11 Å². The minimum atomic E-state index is -0.00243. The van der Waals surface area contributed by atoms with E-state index in [0.717, 1.165) is 44.3 Å². The smallest absolute Gasteiger partial charge is 0.251 e. The number of carbonyl (C=O) groups excluding carboxylic acids is 1. The minimum absolute atomic E-state index is 0.00243. The summed E-state index contributed by atoms with van der Waals surface area (Å²) in [5.74, 6) is -0.00243. The zero-order valence-corrected chi connectivity index (χ0v) is 11.2. The fourth-order valence-electron chi connectivity index (χ4n) is 2.34. The maximum atomic E-state index is 12.0. The first-order valence-electron chi connectivity index (χ1n) is 7.03. The number of nitrogens with one attached hydrogen (secondary N) is 2. The molecule has 0 spiro atoms. The number of aliphatic hydroxyl groups is 1. The number of benzene rings is 1. The highest BCUT2D eigenvalue weighted by Gasteiger charge is 2.11. The van der Waals surface area contributed by atoms with Gasteiger partial charge >= 0.3 is 0 Å². The van der Waals surface area contributed by atoms with Crippen LogP contribution >= 0.6 is 0 Å². The molecule has 4 nitrogen and oxygen atoms in total. The Morgan fingerprint density at radius 2 is 2.16 bits per heavy atom. The van der Waals surface area contributed by atoms with Crippen LogP contribution in [0.5, 0.6) is 0 Å².